The van der Waals surface area contributed by atoms with Crippen molar-refractivity contribution in [1.82, 2.24) is 9.88 Å². The minimum atomic E-state index is -0.539. The summed E-state index contributed by atoms with van der Waals surface area (Å²) in [6, 6.07) is 6.39. The van der Waals surface area contributed by atoms with Crippen LogP contribution in [0.2, 0.25) is 0 Å². The third-order valence-corrected chi connectivity index (χ3v) is 5.27. The number of hydrogen-bond donors (Lipinski definition) is 1. The number of hydrogen-bond acceptors (Lipinski definition) is 6. The minimum Gasteiger partial charge on any atom is -0.449 e. The average Bonchev–Trinajstić information content (AvgIpc) is 3.13. The summed E-state index contributed by atoms with van der Waals surface area (Å²) < 4.78 is 18.1. The number of rotatable bonds is 6. The lowest BCUT2D eigenvalue weighted by Gasteiger charge is -2.36. The summed E-state index contributed by atoms with van der Waals surface area (Å²) >= 11 is 1.27. The SMILES string of the molecule is CC(C)COC(=O)Nc1nc(CC(=O)N2CCN(c3ccc(F)cc3)CC2)cs1. The number of nitrogens with zero attached hydrogens (tertiary/aromatic N) is 3. The monoisotopic (exact) mass is 420 g/mol. The van der Waals surface area contributed by atoms with Crippen LogP contribution in [0.1, 0.15) is 19.5 Å². The van der Waals surface area contributed by atoms with E-state index in [1.165, 1.54) is 23.5 Å². The molecule has 0 saturated carbocycles. The van der Waals surface area contributed by atoms with Gasteiger partial charge < -0.3 is 14.5 Å². The maximum absolute atomic E-state index is 13.1. The predicted octanol–water partition coefficient (Wildman–Crippen LogP) is 3.38. The number of carbonyl (C=O) groups is 2. The zero-order valence-corrected chi connectivity index (χ0v) is 17.4. The number of amides is 2. The number of anilines is 2. The van der Waals surface area contributed by atoms with Crippen LogP contribution in [0, 0.1) is 11.7 Å². The Balaban J connectivity index is 1.46. The molecule has 2 amide bonds. The molecule has 1 aromatic carbocycles. The maximum atomic E-state index is 13.1. The molecule has 0 spiro atoms. The summed E-state index contributed by atoms with van der Waals surface area (Å²) in [5.74, 6) is 0.00427. The van der Waals surface area contributed by atoms with Crippen molar-refractivity contribution in [2.24, 2.45) is 5.92 Å². The number of nitrogens with one attached hydrogen (secondary N) is 1. The Labute approximate surface area is 173 Å². The Morgan fingerprint density at radius 2 is 1.90 bits per heavy atom. The number of ether oxygens (including phenoxy) is 1. The Kier molecular flexibility index (Phi) is 7.03. The Bertz CT molecular complexity index is 833. The van der Waals surface area contributed by atoms with Crippen LogP contribution in [0.3, 0.4) is 0 Å². The van der Waals surface area contributed by atoms with Gasteiger partial charge in [-0.25, -0.2) is 14.2 Å². The van der Waals surface area contributed by atoms with Gasteiger partial charge in [0.1, 0.15) is 5.82 Å². The molecule has 156 valence electrons. The molecular formula is C20H25FN4O3S. The van der Waals surface area contributed by atoms with Gasteiger partial charge in [0.15, 0.2) is 5.13 Å². The van der Waals surface area contributed by atoms with Crippen LogP contribution in [-0.4, -0.2) is 54.7 Å². The van der Waals surface area contributed by atoms with E-state index < -0.39 is 6.09 Å². The highest BCUT2D eigenvalue weighted by molar-refractivity contribution is 7.13. The molecule has 3 rings (SSSR count). The third kappa shape index (κ3) is 6.15. The maximum Gasteiger partial charge on any atom is 0.413 e. The number of piperazine rings is 1. The molecule has 29 heavy (non-hydrogen) atoms. The number of aromatic nitrogens is 1. The van der Waals surface area contributed by atoms with E-state index in [9.17, 15) is 14.0 Å². The lowest BCUT2D eigenvalue weighted by atomic mass is 10.2. The van der Waals surface area contributed by atoms with Gasteiger partial charge in [0.2, 0.25) is 5.91 Å². The number of carbonyl (C=O) groups excluding carboxylic acids is 2. The molecule has 0 atom stereocenters. The van der Waals surface area contributed by atoms with E-state index in [4.69, 9.17) is 4.74 Å². The molecule has 1 aromatic heterocycles. The second kappa shape index (κ2) is 9.69. The highest BCUT2D eigenvalue weighted by Gasteiger charge is 2.22. The van der Waals surface area contributed by atoms with Crippen LogP contribution < -0.4 is 10.2 Å². The fourth-order valence-corrected chi connectivity index (χ4v) is 3.64. The standard InChI is InChI=1S/C20H25FN4O3S/c1-14(2)12-28-20(27)23-19-22-16(13-29-19)11-18(26)25-9-7-24(8-10-25)17-5-3-15(21)4-6-17/h3-6,13-14H,7-12H2,1-2H3,(H,22,23,27). The Morgan fingerprint density at radius 1 is 1.21 bits per heavy atom. The number of thiazole rings is 1. The molecule has 1 N–H and O–H groups in total. The van der Waals surface area contributed by atoms with E-state index in [2.05, 4.69) is 15.2 Å². The van der Waals surface area contributed by atoms with Crippen molar-refractivity contribution in [1.29, 1.82) is 0 Å². The molecule has 0 aliphatic carbocycles. The molecule has 1 aliphatic rings. The summed E-state index contributed by atoms with van der Waals surface area (Å²) in [6.07, 6.45) is -0.349. The molecule has 1 aliphatic heterocycles. The first kappa shape index (κ1) is 21.0. The highest BCUT2D eigenvalue weighted by atomic mass is 32.1. The van der Waals surface area contributed by atoms with E-state index in [0.29, 0.717) is 43.6 Å². The van der Waals surface area contributed by atoms with Gasteiger partial charge in [0.25, 0.3) is 0 Å². The van der Waals surface area contributed by atoms with Gasteiger partial charge in [-0.15, -0.1) is 11.3 Å². The summed E-state index contributed by atoms with van der Waals surface area (Å²) in [5.41, 5.74) is 1.58. The molecule has 7 nitrogen and oxygen atoms in total. The molecule has 1 fully saturated rings. The predicted molar refractivity (Wildman–Crippen MR) is 111 cm³/mol. The molecule has 2 aromatic rings. The molecular weight excluding hydrogens is 395 g/mol. The first-order valence-corrected chi connectivity index (χ1v) is 10.4. The largest absolute Gasteiger partial charge is 0.449 e. The van der Waals surface area contributed by atoms with Gasteiger partial charge >= 0.3 is 6.09 Å². The fourth-order valence-electron chi connectivity index (χ4n) is 2.94. The second-order valence-corrected chi connectivity index (χ2v) is 8.14. The van der Waals surface area contributed by atoms with Crippen LogP contribution in [0.4, 0.5) is 20.0 Å². The lowest BCUT2D eigenvalue weighted by Crippen LogP contribution is -2.49. The van der Waals surface area contributed by atoms with Crippen molar-refractivity contribution >= 4 is 34.2 Å². The van der Waals surface area contributed by atoms with Crippen molar-refractivity contribution in [3.8, 4) is 0 Å². The third-order valence-electron chi connectivity index (χ3n) is 4.46. The topological polar surface area (TPSA) is 74.8 Å². The average molecular weight is 421 g/mol. The van der Waals surface area contributed by atoms with Crippen LogP contribution >= 0.6 is 11.3 Å². The van der Waals surface area contributed by atoms with Gasteiger partial charge in [0.05, 0.1) is 18.7 Å². The van der Waals surface area contributed by atoms with Crippen LogP contribution in [-0.2, 0) is 16.0 Å². The highest BCUT2D eigenvalue weighted by Crippen LogP contribution is 2.19. The zero-order valence-electron chi connectivity index (χ0n) is 16.6. The van der Waals surface area contributed by atoms with Gasteiger partial charge in [-0.05, 0) is 30.2 Å². The van der Waals surface area contributed by atoms with E-state index >= 15 is 0 Å². The first-order valence-electron chi connectivity index (χ1n) is 9.57. The van der Waals surface area contributed by atoms with E-state index in [0.717, 1.165) is 5.69 Å². The summed E-state index contributed by atoms with van der Waals surface area (Å²) in [5, 5.41) is 4.77. The number of halogens is 1. The zero-order chi connectivity index (χ0) is 20.8. The number of benzene rings is 1. The van der Waals surface area contributed by atoms with Crippen LogP contribution in [0.25, 0.3) is 0 Å². The smallest absolute Gasteiger partial charge is 0.413 e. The second-order valence-electron chi connectivity index (χ2n) is 7.28. The summed E-state index contributed by atoms with van der Waals surface area (Å²) in [6.45, 7) is 6.86. The first-order chi connectivity index (χ1) is 13.9. The summed E-state index contributed by atoms with van der Waals surface area (Å²) in [4.78, 5) is 32.5. The van der Waals surface area contributed by atoms with E-state index in [1.807, 2.05) is 18.7 Å². The van der Waals surface area contributed by atoms with Gasteiger partial charge in [-0.1, -0.05) is 13.8 Å². The Morgan fingerprint density at radius 3 is 2.55 bits per heavy atom. The van der Waals surface area contributed by atoms with E-state index in [1.54, 1.807) is 17.5 Å². The molecule has 9 heteroatoms. The van der Waals surface area contributed by atoms with Gasteiger partial charge in [-0.3, -0.25) is 10.1 Å². The summed E-state index contributed by atoms with van der Waals surface area (Å²) in [7, 11) is 0. The van der Waals surface area contributed by atoms with Crippen molar-refractivity contribution in [3.63, 3.8) is 0 Å². The van der Waals surface area contributed by atoms with Gasteiger partial charge in [0, 0.05) is 37.2 Å². The minimum absolute atomic E-state index is 0.00277. The van der Waals surface area contributed by atoms with Crippen molar-refractivity contribution in [3.05, 3.63) is 41.2 Å². The quantitative estimate of drug-likeness (QED) is 0.776. The molecule has 0 unspecified atom stereocenters. The lowest BCUT2D eigenvalue weighted by molar-refractivity contribution is -0.130. The van der Waals surface area contributed by atoms with Crippen molar-refractivity contribution in [2.45, 2.75) is 20.3 Å². The van der Waals surface area contributed by atoms with E-state index in [-0.39, 0.29) is 24.1 Å². The Hall–Kier alpha value is -2.68. The molecule has 2 heterocycles. The molecule has 1 saturated heterocycles. The molecule has 0 radical (unpaired) electrons. The normalized spacial score (nSPS) is 14.2. The molecule has 0 bridgehead atoms. The van der Waals surface area contributed by atoms with Gasteiger partial charge in [-0.2, -0.15) is 0 Å². The van der Waals surface area contributed by atoms with Crippen LogP contribution in [0.5, 0.6) is 0 Å². The van der Waals surface area contributed by atoms with Crippen molar-refractivity contribution in [2.75, 3.05) is 43.0 Å². The van der Waals surface area contributed by atoms with Crippen LogP contribution in [0.15, 0.2) is 29.6 Å². The van der Waals surface area contributed by atoms with Crippen molar-refractivity contribution < 1.29 is 18.7 Å². The fraction of sp³-hybridized carbons (Fsp3) is 0.450.